The van der Waals surface area contributed by atoms with E-state index in [0.29, 0.717) is 5.56 Å². The first kappa shape index (κ1) is 11.7. The second-order valence-corrected chi connectivity index (χ2v) is 3.47. The summed E-state index contributed by atoms with van der Waals surface area (Å²) in [6, 6.07) is 7.68. The molecule has 0 bridgehead atoms. The Balaban J connectivity index is 2.16. The molecule has 90 valence electrons. The van der Waals surface area contributed by atoms with Crippen molar-refractivity contribution < 1.29 is 9.72 Å². The normalized spacial score (nSPS) is 10.7. The summed E-state index contributed by atoms with van der Waals surface area (Å²) in [6.45, 7) is 0. The zero-order valence-corrected chi connectivity index (χ0v) is 9.26. The summed E-state index contributed by atoms with van der Waals surface area (Å²) >= 11 is 0. The van der Waals surface area contributed by atoms with Crippen LogP contribution in [0.2, 0.25) is 0 Å². The first-order valence-electron chi connectivity index (χ1n) is 5.13. The third-order valence-corrected chi connectivity index (χ3v) is 2.23. The maximum absolute atomic E-state index is 11.6. The van der Waals surface area contributed by atoms with Crippen LogP contribution in [0.25, 0.3) is 6.08 Å². The Kier molecular flexibility index (Phi) is 3.29. The lowest BCUT2D eigenvalue weighted by Crippen LogP contribution is -2.06. The zero-order chi connectivity index (χ0) is 13.0. The standard InChI is InChI=1S/C12H9N3O3/c16-12(14-8-2-7-13-14)6-5-10-3-1-4-11(9-10)15(17)18/h1-9H. The van der Waals surface area contributed by atoms with Gasteiger partial charge in [0.1, 0.15) is 0 Å². The fraction of sp³-hybridized carbons (Fsp3) is 0. The highest BCUT2D eigenvalue weighted by Gasteiger charge is 2.04. The second kappa shape index (κ2) is 5.05. The highest BCUT2D eigenvalue weighted by Crippen LogP contribution is 2.14. The van der Waals surface area contributed by atoms with E-state index in [0.717, 1.165) is 0 Å². The van der Waals surface area contributed by atoms with Gasteiger partial charge in [-0.05, 0) is 17.7 Å². The van der Waals surface area contributed by atoms with Crippen LogP contribution >= 0.6 is 0 Å². The molecule has 0 radical (unpaired) electrons. The molecule has 0 aliphatic carbocycles. The molecule has 0 fully saturated rings. The maximum atomic E-state index is 11.6. The molecule has 0 saturated carbocycles. The van der Waals surface area contributed by atoms with Crippen LogP contribution in [-0.4, -0.2) is 20.6 Å². The molecule has 6 heteroatoms. The van der Waals surface area contributed by atoms with Crippen LogP contribution in [-0.2, 0) is 0 Å². The van der Waals surface area contributed by atoms with Crippen molar-refractivity contribution in [3.05, 3.63) is 64.5 Å². The van der Waals surface area contributed by atoms with Gasteiger partial charge in [0.2, 0.25) is 0 Å². The number of nitro benzene ring substituents is 1. The zero-order valence-electron chi connectivity index (χ0n) is 9.26. The van der Waals surface area contributed by atoms with E-state index in [1.165, 1.54) is 41.4 Å². The number of allylic oxidation sites excluding steroid dienone is 1. The third-order valence-electron chi connectivity index (χ3n) is 2.23. The Morgan fingerprint density at radius 2 is 2.22 bits per heavy atom. The van der Waals surface area contributed by atoms with Gasteiger partial charge in [-0.15, -0.1) is 0 Å². The fourth-order valence-corrected chi connectivity index (χ4v) is 1.39. The lowest BCUT2D eigenvalue weighted by Gasteiger charge is -1.95. The van der Waals surface area contributed by atoms with Gasteiger partial charge in [-0.25, -0.2) is 4.68 Å². The van der Waals surface area contributed by atoms with Crippen molar-refractivity contribution in [1.29, 1.82) is 0 Å². The second-order valence-electron chi connectivity index (χ2n) is 3.47. The molecule has 0 atom stereocenters. The summed E-state index contributed by atoms with van der Waals surface area (Å²) in [7, 11) is 0. The van der Waals surface area contributed by atoms with Gasteiger partial charge in [0.25, 0.3) is 11.6 Å². The lowest BCUT2D eigenvalue weighted by molar-refractivity contribution is -0.384. The number of hydrogen-bond donors (Lipinski definition) is 0. The number of non-ortho nitro benzene ring substituents is 1. The van der Waals surface area contributed by atoms with Gasteiger partial charge < -0.3 is 0 Å². The maximum Gasteiger partial charge on any atom is 0.270 e. The van der Waals surface area contributed by atoms with Crippen molar-refractivity contribution in [2.75, 3.05) is 0 Å². The molecule has 1 aromatic heterocycles. The smallest absolute Gasteiger partial charge is 0.267 e. The highest BCUT2D eigenvalue weighted by molar-refractivity contribution is 5.93. The average molecular weight is 243 g/mol. The molecule has 0 aliphatic rings. The number of hydrogen-bond acceptors (Lipinski definition) is 4. The molecule has 1 heterocycles. The minimum Gasteiger partial charge on any atom is -0.267 e. The quantitative estimate of drug-likeness (QED) is 0.470. The Morgan fingerprint density at radius 1 is 1.39 bits per heavy atom. The Hall–Kier alpha value is -2.76. The number of aromatic nitrogens is 2. The molecular formula is C12H9N3O3. The van der Waals surface area contributed by atoms with E-state index in [1.54, 1.807) is 18.2 Å². The van der Waals surface area contributed by atoms with E-state index in [9.17, 15) is 14.9 Å². The number of benzene rings is 1. The first-order valence-corrected chi connectivity index (χ1v) is 5.13. The molecule has 18 heavy (non-hydrogen) atoms. The fourth-order valence-electron chi connectivity index (χ4n) is 1.39. The molecular weight excluding hydrogens is 234 g/mol. The Labute approximate surface area is 102 Å². The number of nitro groups is 1. The van der Waals surface area contributed by atoms with Crippen LogP contribution in [0.15, 0.2) is 48.8 Å². The molecule has 0 N–H and O–H groups in total. The van der Waals surface area contributed by atoms with E-state index in [2.05, 4.69) is 5.10 Å². The summed E-state index contributed by atoms with van der Waals surface area (Å²) in [5.74, 6) is -0.313. The van der Waals surface area contributed by atoms with Gasteiger partial charge in [-0.1, -0.05) is 12.1 Å². The van der Waals surface area contributed by atoms with Crippen molar-refractivity contribution >= 4 is 17.7 Å². The van der Waals surface area contributed by atoms with Gasteiger partial charge in [0.05, 0.1) is 4.92 Å². The summed E-state index contributed by atoms with van der Waals surface area (Å²) in [6.07, 6.45) is 5.85. The minimum atomic E-state index is -0.480. The molecule has 0 unspecified atom stereocenters. The number of carbonyl (C=O) groups is 1. The van der Waals surface area contributed by atoms with Crippen molar-refractivity contribution in [1.82, 2.24) is 9.78 Å². The van der Waals surface area contributed by atoms with E-state index in [4.69, 9.17) is 0 Å². The number of carbonyl (C=O) groups excluding carboxylic acids is 1. The predicted octanol–water partition coefficient (Wildman–Crippen LogP) is 2.14. The molecule has 0 aliphatic heterocycles. The molecule has 2 aromatic rings. The first-order chi connectivity index (χ1) is 8.66. The lowest BCUT2D eigenvalue weighted by atomic mass is 10.2. The summed E-state index contributed by atoms with van der Waals surface area (Å²) in [4.78, 5) is 21.7. The van der Waals surface area contributed by atoms with Gasteiger partial charge >= 0.3 is 0 Å². The summed E-state index contributed by atoms with van der Waals surface area (Å²) < 4.78 is 1.17. The van der Waals surface area contributed by atoms with E-state index >= 15 is 0 Å². The van der Waals surface area contributed by atoms with Crippen LogP contribution in [0.5, 0.6) is 0 Å². The van der Waals surface area contributed by atoms with Gasteiger partial charge in [0, 0.05) is 30.6 Å². The average Bonchev–Trinajstić information content (AvgIpc) is 2.90. The summed E-state index contributed by atoms with van der Waals surface area (Å²) in [5.41, 5.74) is 0.577. The highest BCUT2D eigenvalue weighted by atomic mass is 16.6. The van der Waals surface area contributed by atoms with Gasteiger partial charge in [-0.2, -0.15) is 5.10 Å². The third kappa shape index (κ3) is 2.67. The van der Waals surface area contributed by atoms with Crippen molar-refractivity contribution in [2.24, 2.45) is 0 Å². The molecule has 2 rings (SSSR count). The topological polar surface area (TPSA) is 78.0 Å². The number of rotatable bonds is 3. The van der Waals surface area contributed by atoms with Crippen LogP contribution in [0.4, 0.5) is 5.69 Å². The molecule has 0 saturated heterocycles. The van der Waals surface area contributed by atoms with Crippen molar-refractivity contribution in [3.63, 3.8) is 0 Å². The molecule has 0 amide bonds. The van der Waals surface area contributed by atoms with Gasteiger partial charge in [-0.3, -0.25) is 14.9 Å². The number of nitrogens with zero attached hydrogens (tertiary/aromatic N) is 3. The van der Waals surface area contributed by atoms with E-state index < -0.39 is 4.92 Å². The molecule has 1 aromatic carbocycles. The van der Waals surface area contributed by atoms with Crippen LogP contribution in [0.3, 0.4) is 0 Å². The van der Waals surface area contributed by atoms with E-state index in [-0.39, 0.29) is 11.6 Å². The predicted molar refractivity (Wildman–Crippen MR) is 65.0 cm³/mol. The van der Waals surface area contributed by atoms with Gasteiger partial charge in [0.15, 0.2) is 0 Å². The summed E-state index contributed by atoms with van der Waals surface area (Å²) in [5, 5.41) is 14.4. The van der Waals surface area contributed by atoms with Crippen molar-refractivity contribution in [2.45, 2.75) is 0 Å². The van der Waals surface area contributed by atoms with E-state index in [1.807, 2.05) is 0 Å². The Morgan fingerprint density at radius 3 is 2.89 bits per heavy atom. The molecule has 6 nitrogen and oxygen atoms in total. The largest absolute Gasteiger partial charge is 0.270 e. The van der Waals surface area contributed by atoms with Crippen molar-refractivity contribution in [3.8, 4) is 0 Å². The Bertz CT molecular complexity index is 603. The monoisotopic (exact) mass is 243 g/mol. The molecule has 0 spiro atoms. The van der Waals surface area contributed by atoms with Crippen LogP contribution in [0.1, 0.15) is 10.4 Å². The van der Waals surface area contributed by atoms with Crippen LogP contribution in [0, 0.1) is 10.1 Å². The van der Waals surface area contributed by atoms with Crippen LogP contribution < -0.4 is 0 Å². The SMILES string of the molecule is O=C(C=Cc1cccc([N+](=O)[O-])c1)n1cccn1. The minimum absolute atomic E-state index is 0.0105.